The fraction of sp³-hybridized carbons (Fsp3) is 0.107. The van der Waals surface area contributed by atoms with E-state index in [0.717, 1.165) is 122 Å². The van der Waals surface area contributed by atoms with Gasteiger partial charge in [0.25, 0.3) is 0 Å². The second kappa shape index (κ2) is 22.5. The van der Waals surface area contributed by atoms with Crippen molar-refractivity contribution in [2.24, 2.45) is 0 Å². The molecule has 0 unspecified atom stereocenters. The van der Waals surface area contributed by atoms with Gasteiger partial charge in [0.15, 0.2) is 17.5 Å². The van der Waals surface area contributed by atoms with Crippen LogP contribution in [0.4, 0.5) is 13.2 Å². The molecule has 0 saturated heterocycles. The zero-order chi connectivity index (χ0) is 63.3. The third-order valence-corrected chi connectivity index (χ3v) is 18.4. The Hall–Kier alpha value is -11.0. The summed E-state index contributed by atoms with van der Waals surface area (Å²) in [6.07, 6.45) is -4.71. The average Bonchev–Trinajstić information content (AvgIpc) is 1.56. The molecule has 0 bridgehead atoms. The molecule has 92 heavy (non-hydrogen) atoms. The number of aromatic nitrogens is 5. The first-order chi connectivity index (χ1) is 44.5. The van der Waals surface area contributed by atoms with E-state index in [9.17, 15) is 0 Å². The first-order valence-electron chi connectivity index (χ1n) is 31.2. The molecule has 8 heteroatoms. The van der Waals surface area contributed by atoms with Crippen molar-refractivity contribution in [1.29, 1.82) is 0 Å². The van der Waals surface area contributed by atoms with Crippen LogP contribution in [0.25, 0.3) is 145 Å². The summed E-state index contributed by atoms with van der Waals surface area (Å²) in [5.74, 6) is 1.30. The first-order valence-corrected chi connectivity index (χ1v) is 31.2. The number of benzene rings is 12. The zero-order valence-corrected chi connectivity index (χ0v) is 52.5. The van der Waals surface area contributed by atoms with E-state index in [-0.39, 0.29) is 0 Å². The van der Waals surface area contributed by atoms with Crippen LogP contribution in [0.15, 0.2) is 243 Å². The van der Waals surface area contributed by atoms with Crippen molar-refractivity contribution >= 4 is 43.6 Å². The predicted octanol–water partition coefficient (Wildman–Crippen LogP) is 22.9. The molecule has 0 saturated carbocycles. The Bertz CT molecular complexity index is 5200. The Morgan fingerprint density at radius 1 is 0.261 bits per heavy atom. The third-order valence-electron chi connectivity index (χ3n) is 18.4. The number of rotatable bonds is 10. The van der Waals surface area contributed by atoms with E-state index in [1.165, 1.54) is 34.4 Å². The van der Waals surface area contributed by atoms with Crippen molar-refractivity contribution in [3.05, 3.63) is 293 Å². The van der Waals surface area contributed by atoms with Gasteiger partial charge in [-0.3, -0.25) is 0 Å². The average molecular weight is 1200 g/mol. The molecule has 446 valence electrons. The molecular weight excluding hydrogens is 1140 g/mol. The Balaban J connectivity index is 1.06. The van der Waals surface area contributed by atoms with E-state index in [2.05, 4.69) is 210 Å². The van der Waals surface area contributed by atoms with Crippen LogP contribution in [0, 0.1) is 55.4 Å². The van der Waals surface area contributed by atoms with Gasteiger partial charge in [0.2, 0.25) is 0 Å². The van der Waals surface area contributed by atoms with Gasteiger partial charge in [-0.25, -0.2) is 15.0 Å². The number of aryl methyl sites for hydroxylation is 8. The highest BCUT2D eigenvalue weighted by Crippen LogP contribution is 2.47. The molecular formula is C84H64F3N5. The SMILES string of the molecule is Cc1ccc(-c2ccc3c(c2)c2cc(-c4ccc(C)cc4C)ccc2n3-c2ccc(-c3nc(-c4ccccc4)nc(-c4ccccc4)n3)cc2-c2cc(C(F)(F)F)ccc2-n2c3ccc(-c4ccc(C)cc4C)cc3c3cc(-c4ccc(C)cc4C)ccc32)c(C)c1. The minimum Gasteiger partial charge on any atom is -0.309 e. The molecule has 3 heterocycles. The van der Waals surface area contributed by atoms with Crippen molar-refractivity contribution in [2.45, 2.75) is 61.6 Å². The summed E-state index contributed by atoms with van der Waals surface area (Å²) in [4.78, 5) is 15.5. The number of hydrogen-bond donors (Lipinski definition) is 0. The van der Waals surface area contributed by atoms with E-state index < -0.39 is 11.7 Å². The second-order valence-electron chi connectivity index (χ2n) is 24.9. The van der Waals surface area contributed by atoms with Gasteiger partial charge in [0, 0.05) is 49.4 Å². The van der Waals surface area contributed by atoms with Gasteiger partial charge in [-0.05, 0) is 207 Å². The summed E-state index contributed by atoms with van der Waals surface area (Å²) in [5, 5.41) is 3.94. The van der Waals surface area contributed by atoms with Gasteiger partial charge in [-0.2, -0.15) is 13.2 Å². The van der Waals surface area contributed by atoms with Gasteiger partial charge in [-0.1, -0.05) is 180 Å². The van der Waals surface area contributed by atoms with Gasteiger partial charge in [0.1, 0.15) is 0 Å². The summed E-state index contributed by atoms with van der Waals surface area (Å²) in [7, 11) is 0. The molecule has 0 spiro atoms. The summed E-state index contributed by atoms with van der Waals surface area (Å²) >= 11 is 0. The first kappa shape index (κ1) is 57.5. The molecule has 0 N–H and O–H groups in total. The topological polar surface area (TPSA) is 48.5 Å². The standard InChI is InChI=1S/C84H64F3N5/c1-49-19-29-65(53(5)39-49)59-23-33-75-69(43-59)70-44-60(66-30-20-50(2)40-54(66)6)24-34-76(70)91(75)79-37-27-63(83-89-81(57-15-11-9-12-16-57)88-82(90-83)58-17-13-10-14-18-58)47-73(79)74-48-64(84(85,86)87)28-38-80(74)92-77-35-25-61(67-31-21-51(3)41-55(67)7)45-71(77)72-46-62(26-36-78(72)92)68-32-22-52(4)42-56(68)8/h9-48H,1-8H3. The van der Waals surface area contributed by atoms with Crippen molar-refractivity contribution < 1.29 is 13.2 Å². The largest absolute Gasteiger partial charge is 0.416 e. The van der Waals surface area contributed by atoms with Crippen LogP contribution in [0.2, 0.25) is 0 Å². The lowest BCUT2D eigenvalue weighted by Crippen LogP contribution is -2.08. The minimum absolute atomic E-state index is 0.363. The minimum atomic E-state index is -4.71. The van der Waals surface area contributed by atoms with E-state index in [1.807, 2.05) is 78.9 Å². The number of halogens is 3. The highest BCUT2D eigenvalue weighted by molar-refractivity contribution is 6.14. The molecule has 12 aromatic carbocycles. The van der Waals surface area contributed by atoms with Crippen molar-refractivity contribution in [3.8, 4) is 101 Å². The normalized spacial score (nSPS) is 11.9. The Labute approximate surface area is 533 Å². The summed E-state index contributed by atoms with van der Waals surface area (Å²) in [5.41, 5.74) is 25.0. The molecule has 15 aromatic rings. The van der Waals surface area contributed by atoms with Gasteiger partial charge in [-0.15, -0.1) is 0 Å². The lowest BCUT2D eigenvalue weighted by molar-refractivity contribution is -0.137. The van der Waals surface area contributed by atoms with Gasteiger partial charge in [0.05, 0.1) is 39.0 Å². The van der Waals surface area contributed by atoms with Crippen molar-refractivity contribution in [2.75, 3.05) is 0 Å². The molecule has 0 radical (unpaired) electrons. The maximum atomic E-state index is 16.0. The van der Waals surface area contributed by atoms with Crippen molar-refractivity contribution in [1.82, 2.24) is 24.1 Å². The molecule has 0 atom stereocenters. The highest BCUT2D eigenvalue weighted by atomic mass is 19.4. The Morgan fingerprint density at radius 2 is 0.565 bits per heavy atom. The van der Waals surface area contributed by atoms with Crippen LogP contribution >= 0.6 is 0 Å². The fourth-order valence-electron chi connectivity index (χ4n) is 13.9. The Kier molecular flexibility index (Phi) is 14.1. The van der Waals surface area contributed by atoms with Crippen LogP contribution in [0.1, 0.15) is 50.1 Å². The predicted molar refractivity (Wildman–Crippen MR) is 375 cm³/mol. The Morgan fingerprint density at radius 3 is 0.891 bits per heavy atom. The lowest BCUT2D eigenvalue weighted by atomic mass is 9.95. The van der Waals surface area contributed by atoms with E-state index >= 15 is 13.2 Å². The maximum Gasteiger partial charge on any atom is 0.416 e. The second-order valence-corrected chi connectivity index (χ2v) is 24.9. The van der Waals surface area contributed by atoms with Crippen LogP contribution < -0.4 is 0 Å². The van der Waals surface area contributed by atoms with E-state index in [1.54, 1.807) is 6.07 Å². The third kappa shape index (κ3) is 10.2. The van der Waals surface area contributed by atoms with Gasteiger partial charge >= 0.3 is 6.18 Å². The van der Waals surface area contributed by atoms with Crippen LogP contribution in [0.3, 0.4) is 0 Å². The number of fused-ring (bicyclic) bond motifs is 6. The van der Waals surface area contributed by atoms with Crippen LogP contribution in [-0.4, -0.2) is 24.1 Å². The van der Waals surface area contributed by atoms with Crippen molar-refractivity contribution in [3.63, 3.8) is 0 Å². The van der Waals surface area contributed by atoms with E-state index in [0.29, 0.717) is 45.5 Å². The molecule has 5 nitrogen and oxygen atoms in total. The summed E-state index contributed by atoms with van der Waals surface area (Å²) in [6.45, 7) is 17.0. The molecule has 0 aliphatic carbocycles. The molecule has 0 aliphatic rings. The molecule has 15 rings (SSSR count). The van der Waals surface area contributed by atoms with E-state index in [4.69, 9.17) is 15.0 Å². The fourth-order valence-corrected chi connectivity index (χ4v) is 13.9. The summed E-state index contributed by atoms with van der Waals surface area (Å²) in [6, 6.07) is 82.3. The smallest absolute Gasteiger partial charge is 0.309 e. The number of hydrogen-bond acceptors (Lipinski definition) is 3. The highest BCUT2D eigenvalue weighted by Gasteiger charge is 2.33. The number of nitrogens with zero attached hydrogens (tertiary/aromatic N) is 5. The monoisotopic (exact) mass is 1200 g/mol. The van der Waals surface area contributed by atoms with Gasteiger partial charge < -0.3 is 9.13 Å². The molecule has 0 amide bonds. The zero-order valence-electron chi connectivity index (χ0n) is 52.5. The maximum absolute atomic E-state index is 16.0. The lowest BCUT2D eigenvalue weighted by Gasteiger charge is -2.21. The molecule has 3 aromatic heterocycles. The van der Waals surface area contributed by atoms with Crippen LogP contribution in [-0.2, 0) is 6.18 Å². The summed E-state index contributed by atoms with van der Waals surface area (Å²) < 4.78 is 52.3. The quantitative estimate of drug-likeness (QED) is 0.137. The number of alkyl halides is 3. The molecule has 0 aliphatic heterocycles. The van der Waals surface area contributed by atoms with Crippen LogP contribution in [0.5, 0.6) is 0 Å². The molecule has 0 fully saturated rings.